The Kier molecular flexibility index (Phi) is 4.01. The molecule has 3 rings (SSSR count). The van der Waals surface area contributed by atoms with E-state index in [0.29, 0.717) is 13.2 Å². The van der Waals surface area contributed by atoms with Crippen molar-refractivity contribution in [3.05, 3.63) is 36.0 Å². The molecule has 1 aliphatic rings. The Labute approximate surface area is 124 Å². The van der Waals surface area contributed by atoms with Crippen molar-refractivity contribution in [1.82, 2.24) is 9.97 Å². The van der Waals surface area contributed by atoms with E-state index in [2.05, 4.69) is 21.8 Å². The van der Waals surface area contributed by atoms with Crippen LogP contribution < -0.4 is 4.90 Å². The molecule has 0 unspecified atom stereocenters. The van der Waals surface area contributed by atoms with Crippen molar-refractivity contribution in [1.29, 1.82) is 0 Å². The van der Waals surface area contributed by atoms with Gasteiger partial charge in [0.2, 0.25) is 5.95 Å². The van der Waals surface area contributed by atoms with Gasteiger partial charge in [-0.1, -0.05) is 19.1 Å². The number of aromatic hydroxyl groups is 1. The quantitative estimate of drug-likeness (QED) is 0.937. The zero-order chi connectivity index (χ0) is 14.7. The van der Waals surface area contributed by atoms with E-state index in [1.165, 1.54) is 0 Å². The second-order valence-corrected chi connectivity index (χ2v) is 5.05. The second kappa shape index (κ2) is 6.10. The maximum atomic E-state index is 9.65. The van der Waals surface area contributed by atoms with Crippen LogP contribution in [0.4, 0.5) is 5.95 Å². The zero-order valence-corrected chi connectivity index (χ0v) is 12.1. The minimum absolute atomic E-state index is 0.247. The molecule has 21 heavy (non-hydrogen) atoms. The molecule has 0 amide bonds. The maximum absolute atomic E-state index is 9.65. The van der Waals surface area contributed by atoms with Gasteiger partial charge in [-0.3, -0.25) is 0 Å². The molecule has 5 nitrogen and oxygen atoms in total. The maximum Gasteiger partial charge on any atom is 0.226 e. The average Bonchev–Trinajstić information content (AvgIpc) is 2.55. The number of benzene rings is 1. The zero-order valence-electron chi connectivity index (χ0n) is 12.1. The molecule has 0 spiro atoms. The summed E-state index contributed by atoms with van der Waals surface area (Å²) in [5.41, 5.74) is 2.76. The van der Waals surface area contributed by atoms with Gasteiger partial charge >= 0.3 is 0 Å². The molecule has 1 aromatic heterocycles. The predicted molar refractivity (Wildman–Crippen MR) is 81.5 cm³/mol. The highest BCUT2D eigenvalue weighted by molar-refractivity contribution is 5.62. The molecular formula is C16H19N3O2. The van der Waals surface area contributed by atoms with Gasteiger partial charge in [0.1, 0.15) is 5.75 Å². The Morgan fingerprint density at radius 1 is 1.19 bits per heavy atom. The molecule has 0 saturated carbocycles. The van der Waals surface area contributed by atoms with Crippen LogP contribution in [0.2, 0.25) is 0 Å². The van der Waals surface area contributed by atoms with E-state index in [4.69, 9.17) is 4.74 Å². The van der Waals surface area contributed by atoms with E-state index in [1.807, 2.05) is 18.2 Å². The smallest absolute Gasteiger partial charge is 0.226 e. The van der Waals surface area contributed by atoms with Gasteiger partial charge in [-0.25, -0.2) is 9.97 Å². The van der Waals surface area contributed by atoms with Crippen molar-refractivity contribution in [2.75, 3.05) is 31.2 Å². The Morgan fingerprint density at radius 3 is 2.71 bits per heavy atom. The van der Waals surface area contributed by atoms with E-state index in [0.717, 1.165) is 42.4 Å². The number of hydrogen-bond donors (Lipinski definition) is 1. The van der Waals surface area contributed by atoms with E-state index in [9.17, 15) is 5.11 Å². The van der Waals surface area contributed by atoms with Gasteiger partial charge in [-0.2, -0.15) is 0 Å². The van der Waals surface area contributed by atoms with Gasteiger partial charge in [0.05, 0.1) is 18.9 Å². The third kappa shape index (κ3) is 3.13. The first kappa shape index (κ1) is 13.8. The number of nitrogens with zero attached hydrogens (tertiary/aromatic N) is 3. The molecular weight excluding hydrogens is 266 g/mol. The van der Waals surface area contributed by atoms with E-state index >= 15 is 0 Å². The third-order valence-corrected chi connectivity index (χ3v) is 3.57. The molecule has 0 aliphatic carbocycles. The highest BCUT2D eigenvalue weighted by Crippen LogP contribution is 2.24. The number of aromatic nitrogens is 2. The Hall–Kier alpha value is -2.14. The topological polar surface area (TPSA) is 58.5 Å². The minimum Gasteiger partial charge on any atom is -0.508 e. The standard InChI is InChI=1S/C16H19N3O2/c1-2-13-11-15(12-4-3-5-14(20)10-12)18-16(17-13)19-6-8-21-9-7-19/h3-5,10-11,20H,2,6-9H2,1H3. The van der Waals surface area contributed by atoms with Crippen molar-refractivity contribution < 1.29 is 9.84 Å². The molecule has 0 atom stereocenters. The summed E-state index contributed by atoms with van der Waals surface area (Å²) in [6.07, 6.45) is 0.853. The molecule has 1 fully saturated rings. The summed E-state index contributed by atoms with van der Waals surface area (Å²) in [6.45, 7) is 5.12. The van der Waals surface area contributed by atoms with Crippen molar-refractivity contribution in [2.45, 2.75) is 13.3 Å². The Morgan fingerprint density at radius 2 is 2.00 bits per heavy atom. The Bertz CT molecular complexity index is 625. The fraction of sp³-hybridized carbons (Fsp3) is 0.375. The van der Waals surface area contributed by atoms with Gasteiger partial charge in [0, 0.05) is 24.3 Å². The fourth-order valence-corrected chi connectivity index (χ4v) is 2.38. The lowest BCUT2D eigenvalue weighted by molar-refractivity contribution is 0.122. The summed E-state index contributed by atoms with van der Waals surface area (Å²) in [4.78, 5) is 11.4. The van der Waals surface area contributed by atoms with Crippen molar-refractivity contribution in [3.8, 4) is 17.0 Å². The van der Waals surface area contributed by atoms with E-state index < -0.39 is 0 Å². The first-order valence-corrected chi connectivity index (χ1v) is 7.26. The lowest BCUT2D eigenvalue weighted by atomic mass is 10.1. The molecule has 2 heterocycles. The number of rotatable bonds is 3. The molecule has 1 N–H and O–H groups in total. The molecule has 110 valence electrons. The number of hydrogen-bond acceptors (Lipinski definition) is 5. The number of ether oxygens (including phenoxy) is 1. The van der Waals surface area contributed by atoms with Crippen LogP contribution in [0, 0.1) is 0 Å². The molecule has 1 aliphatic heterocycles. The summed E-state index contributed by atoms with van der Waals surface area (Å²) in [5, 5.41) is 9.65. The van der Waals surface area contributed by atoms with Crippen molar-refractivity contribution in [3.63, 3.8) is 0 Å². The summed E-state index contributed by atoms with van der Waals surface area (Å²) in [7, 11) is 0. The van der Waals surface area contributed by atoms with Crippen LogP contribution in [0.1, 0.15) is 12.6 Å². The van der Waals surface area contributed by atoms with E-state index in [1.54, 1.807) is 12.1 Å². The second-order valence-electron chi connectivity index (χ2n) is 5.05. The SMILES string of the molecule is CCc1cc(-c2cccc(O)c2)nc(N2CCOCC2)n1. The highest BCUT2D eigenvalue weighted by atomic mass is 16.5. The van der Waals surface area contributed by atoms with Gasteiger partial charge in [-0.05, 0) is 24.6 Å². The van der Waals surface area contributed by atoms with Gasteiger partial charge in [0.25, 0.3) is 0 Å². The number of phenolic OH excluding ortho intramolecular Hbond substituents is 1. The number of phenols is 1. The third-order valence-electron chi connectivity index (χ3n) is 3.57. The minimum atomic E-state index is 0.247. The molecule has 2 aromatic rings. The van der Waals surface area contributed by atoms with Crippen LogP contribution in [-0.4, -0.2) is 41.4 Å². The van der Waals surface area contributed by atoms with Crippen molar-refractivity contribution in [2.24, 2.45) is 0 Å². The molecule has 1 aromatic carbocycles. The Balaban J connectivity index is 2.00. The highest BCUT2D eigenvalue weighted by Gasteiger charge is 2.16. The molecule has 5 heteroatoms. The molecule has 1 saturated heterocycles. The largest absolute Gasteiger partial charge is 0.508 e. The molecule has 0 radical (unpaired) electrons. The van der Waals surface area contributed by atoms with Crippen molar-refractivity contribution >= 4 is 5.95 Å². The lowest BCUT2D eigenvalue weighted by Crippen LogP contribution is -2.37. The van der Waals surface area contributed by atoms with Crippen LogP contribution in [0.15, 0.2) is 30.3 Å². The van der Waals surface area contributed by atoms with Gasteiger partial charge in [0.15, 0.2) is 0 Å². The fourth-order valence-electron chi connectivity index (χ4n) is 2.38. The number of anilines is 1. The summed E-state index contributed by atoms with van der Waals surface area (Å²) in [6, 6.07) is 9.15. The van der Waals surface area contributed by atoms with Gasteiger partial charge in [-0.15, -0.1) is 0 Å². The molecule has 0 bridgehead atoms. The van der Waals surface area contributed by atoms with Crippen LogP contribution in [0.3, 0.4) is 0 Å². The average molecular weight is 285 g/mol. The van der Waals surface area contributed by atoms with Crippen LogP contribution in [-0.2, 0) is 11.2 Å². The van der Waals surface area contributed by atoms with E-state index in [-0.39, 0.29) is 5.75 Å². The first-order valence-electron chi connectivity index (χ1n) is 7.26. The first-order chi connectivity index (χ1) is 10.3. The normalized spacial score (nSPS) is 15.2. The van der Waals surface area contributed by atoms with Gasteiger partial charge < -0.3 is 14.7 Å². The van der Waals surface area contributed by atoms with Crippen LogP contribution in [0.25, 0.3) is 11.3 Å². The summed E-state index contributed by atoms with van der Waals surface area (Å²) < 4.78 is 5.38. The number of morpholine rings is 1. The summed E-state index contributed by atoms with van der Waals surface area (Å²) in [5.74, 6) is 0.994. The monoisotopic (exact) mass is 285 g/mol. The summed E-state index contributed by atoms with van der Waals surface area (Å²) >= 11 is 0. The number of aryl methyl sites for hydroxylation is 1. The lowest BCUT2D eigenvalue weighted by Gasteiger charge is -2.27. The van der Waals surface area contributed by atoms with Crippen LogP contribution in [0.5, 0.6) is 5.75 Å². The predicted octanol–water partition coefficient (Wildman–Crippen LogP) is 2.25. The van der Waals surface area contributed by atoms with Crippen LogP contribution >= 0.6 is 0 Å².